The van der Waals surface area contributed by atoms with Gasteiger partial charge < -0.3 is 15.0 Å². The predicted octanol–water partition coefficient (Wildman–Crippen LogP) is 3.47. The Kier molecular flexibility index (Phi) is 7.28. The van der Waals surface area contributed by atoms with Crippen molar-refractivity contribution in [3.63, 3.8) is 0 Å². The number of aryl methyl sites for hydroxylation is 1. The maximum atomic E-state index is 12.6. The molecule has 2 heterocycles. The largest absolute Gasteiger partial charge is 0.446 e. The summed E-state index contributed by atoms with van der Waals surface area (Å²) in [6.45, 7) is 3.10. The molecule has 33 heavy (non-hydrogen) atoms. The topological polar surface area (TPSA) is 118 Å². The highest BCUT2D eigenvalue weighted by Gasteiger charge is 2.36. The molecule has 1 fully saturated rings. The summed E-state index contributed by atoms with van der Waals surface area (Å²) in [5.41, 5.74) is 1.15. The maximum absolute atomic E-state index is 12.6. The number of amides is 2. The number of carbonyl (C=O) groups excluding carboxylic acids is 2. The molecule has 3 rings (SSSR count). The predicted molar refractivity (Wildman–Crippen MR) is 111 cm³/mol. The molecule has 182 valence electrons. The van der Waals surface area contributed by atoms with E-state index >= 15 is 0 Å². The Balaban J connectivity index is 1.51. The van der Waals surface area contributed by atoms with Gasteiger partial charge in [0.05, 0.1) is 12.6 Å². The Morgan fingerprint density at radius 2 is 2.09 bits per heavy atom. The van der Waals surface area contributed by atoms with Crippen LogP contribution in [-0.2, 0) is 11.8 Å². The lowest BCUT2D eigenvalue weighted by atomic mass is 9.98. The highest BCUT2D eigenvalue weighted by molar-refractivity contribution is 6.02. The molecule has 0 bridgehead atoms. The summed E-state index contributed by atoms with van der Waals surface area (Å²) in [6, 6.07) is 0.750. The molecule has 1 aliphatic rings. The smallest absolute Gasteiger partial charge is 0.410 e. The number of nitrogens with zero attached hydrogens (tertiary/aromatic N) is 5. The zero-order valence-electron chi connectivity index (χ0n) is 18.9. The molecule has 1 aliphatic carbocycles. The standard InChI is InChI=1S/C20H28F3N7O3/c1-11(9-20(21,22)23)29(3)19(32)33-12(2)13-5-6-14(7-13)15-8-17(27-26-15)25-18(31)16-10-24-28-30(16)4/h8,10-14H,5-7,9H2,1-4H3,(H2,25,26,27,31)/t11?,12?,13-,14+/m1/s1. The van der Waals surface area contributed by atoms with Crippen LogP contribution < -0.4 is 5.32 Å². The number of anilines is 1. The average molecular weight is 471 g/mol. The SMILES string of the molecule is CC(OC(=O)N(C)C(C)CC(F)(F)F)[C@@H]1CC[C@H](c2cc(NC(=O)c3cnnn3C)n[nH]2)C1. The fourth-order valence-corrected chi connectivity index (χ4v) is 4.00. The lowest BCUT2D eigenvalue weighted by Crippen LogP contribution is -2.40. The minimum Gasteiger partial charge on any atom is -0.446 e. The first-order valence-electron chi connectivity index (χ1n) is 10.7. The minimum absolute atomic E-state index is 0.0622. The van der Waals surface area contributed by atoms with Crippen molar-refractivity contribution in [1.82, 2.24) is 30.1 Å². The first-order valence-corrected chi connectivity index (χ1v) is 10.7. The van der Waals surface area contributed by atoms with E-state index in [0.29, 0.717) is 11.5 Å². The number of alkyl halides is 3. The summed E-state index contributed by atoms with van der Waals surface area (Å²) in [4.78, 5) is 25.5. The van der Waals surface area contributed by atoms with E-state index in [4.69, 9.17) is 4.74 Å². The van der Waals surface area contributed by atoms with Crippen molar-refractivity contribution in [3.8, 4) is 0 Å². The molecule has 2 aromatic rings. The van der Waals surface area contributed by atoms with E-state index in [1.807, 2.05) is 0 Å². The van der Waals surface area contributed by atoms with Gasteiger partial charge in [0.2, 0.25) is 0 Å². The van der Waals surface area contributed by atoms with Gasteiger partial charge in [-0.15, -0.1) is 5.10 Å². The number of hydrogen-bond donors (Lipinski definition) is 2. The average Bonchev–Trinajstić information content (AvgIpc) is 3.46. The van der Waals surface area contributed by atoms with E-state index in [9.17, 15) is 22.8 Å². The Bertz CT molecular complexity index is 974. The number of aromatic nitrogens is 5. The Hall–Kier alpha value is -3.12. The van der Waals surface area contributed by atoms with Crippen LogP contribution in [-0.4, -0.2) is 67.5 Å². The maximum Gasteiger partial charge on any atom is 0.410 e. The van der Waals surface area contributed by atoms with Crippen LogP contribution in [0.25, 0.3) is 0 Å². The van der Waals surface area contributed by atoms with E-state index in [2.05, 4.69) is 25.8 Å². The molecule has 1 saturated carbocycles. The van der Waals surface area contributed by atoms with Crippen LogP contribution in [0, 0.1) is 5.92 Å². The second kappa shape index (κ2) is 9.79. The third-order valence-corrected chi connectivity index (χ3v) is 6.13. The van der Waals surface area contributed by atoms with Gasteiger partial charge in [-0.05, 0) is 39.0 Å². The molecular formula is C20H28F3N7O3. The van der Waals surface area contributed by atoms with Gasteiger partial charge in [0.15, 0.2) is 5.82 Å². The van der Waals surface area contributed by atoms with Crippen LogP contribution in [0.1, 0.15) is 61.6 Å². The highest BCUT2D eigenvalue weighted by Crippen LogP contribution is 2.40. The van der Waals surface area contributed by atoms with Crippen molar-refractivity contribution in [2.45, 2.75) is 63.8 Å². The van der Waals surface area contributed by atoms with Crippen LogP contribution in [0.5, 0.6) is 0 Å². The van der Waals surface area contributed by atoms with Crippen LogP contribution in [0.15, 0.2) is 12.3 Å². The van der Waals surface area contributed by atoms with Crippen molar-refractivity contribution in [3.05, 3.63) is 23.7 Å². The molecule has 10 nitrogen and oxygen atoms in total. The zero-order valence-corrected chi connectivity index (χ0v) is 18.9. The number of hydrogen-bond acceptors (Lipinski definition) is 6. The highest BCUT2D eigenvalue weighted by atomic mass is 19.4. The summed E-state index contributed by atoms with van der Waals surface area (Å²) in [5, 5.41) is 17.2. The Labute approximate surface area is 188 Å². The molecule has 0 spiro atoms. The van der Waals surface area contributed by atoms with Crippen molar-refractivity contribution in [2.75, 3.05) is 12.4 Å². The van der Waals surface area contributed by atoms with Crippen LogP contribution in [0.3, 0.4) is 0 Å². The summed E-state index contributed by atoms with van der Waals surface area (Å²) < 4.78 is 44.6. The van der Waals surface area contributed by atoms with Crippen molar-refractivity contribution in [2.24, 2.45) is 13.0 Å². The summed E-state index contributed by atoms with van der Waals surface area (Å²) in [5.74, 6) is 0.190. The van der Waals surface area contributed by atoms with Crippen LogP contribution in [0.2, 0.25) is 0 Å². The quantitative estimate of drug-likeness (QED) is 0.639. The number of nitrogens with one attached hydrogen (secondary N) is 2. The Morgan fingerprint density at radius 3 is 2.73 bits per heavy atom. The number of H-pyrrole nitrogens is 1. The van der Waals surface area contributed by atoms with Crippen LogP contribution >= 0.6 is 0 Å². The van der Waals surface area contributed by atoms with E-state index in [1.54, 1.807) is 20.0 Å². The summed E-state index contributed by atoms with van der Waals surface area (Å²) >= 11 is 0. The van der Waals surface area contributed by atoms with E-state index < -0.39 is 30.8 Å². The van der Waals surface area contributed by atoms with Crippen molar-refractivity contribution >= 4 is 17.8 Å². The van der Waals surface area contributed by atoms with E-state index in [1.165, 1.54) is 24.9 Å². The van der Waals surface area contributed by atoms with Gasteiger partial charge in [-0.2, -0.15) is 18.3 Å². The molecular weight excluding hydrogens is 443 g/mol. The fraction of sp³-hybridized carbons (Fsp3) is 0.650. The van der Waals surface area contributed by atoms with Gasteiger partial charge >= 0.3 is 12.3 Å². The third-order valence-electron chi connectivity index (χ3n) is 6.13. The first kappa shape index (κ1) is 24.5. The molecule has 0 radical (unpaired) electrons. The number of carbonyl (C=O) groups is 2. The monoisotopic (exact) mass is 471 g/mol. The molecule has 2 unspecified atom stereocenters. The van der Waals surface area contributed by atoms with Gasteiger partial charge in [-0.25, -0.2) is 9.48 Å². The first-order chi connectivity index (χ1) is 15.4. The number of aromatic amines is 1. The van der Waals surface area contributed by atoms with Crippen molar-refractivity contribution < 1.29 is 27.5 Å². The molecule has 4 atom stereocenters. The van der Waals surface area contributed by atoms with Gasteiger partial charge in [0.25, 0.3) is 5.91 Å². The van der Waals surface area contributed by atoms with Gasteiger partial charge in [0, 0.05) is 37.8 Å². The normalized spacial score (nSPS) is 20.3. The van der Waals surface area contributed by atoms with Gasteiger partial charge in [-0.1, -0.05) is 5.21 Å². The summed E-state index contributed by atoms with van der Waals surface area (Å²) in [7, 11) is 2.92. The number of ether oxygens (including phenoxy) is 1. The molecule has 2 aromatic heterocycles. The second-order valence-electron chi connectivity index (χ2n) is 8.54. The molecule has 0 aromatic carbocycles. The molecule has 13 heteroatoms. The van der Waals surface area contributed by atoms with Crippen LogP contribution in [0.4, 0.5) is 23.8 Å². The molecule has 2 N–H and O–H groups in total. The zero-order chi connectivity index (χ0) is 24.3. The van der Waals surface area contributed by atoms with Crippen molar-refractivity contribution in [1.29, 1.82) is 0 Å². The minimum atomic E-state index is -4.35. The second-order valence-corrected chi connectivity index (χ2v) is 8.54. The van der Waals surface area contributed by atoms with E-state index in [0.717, 1.165) is 29.9 Å². The summed E-state index contributed by atoms with van der Waals surface area (Å²) in [6.07, 6.45) is -2.95. The third kappa shape index (κ3) is 6.23. The lowest BCUT2D eigenvalue weighted by Gasteiger charge is -2.28. The van der Waals surface area contributed by atoms with E-state index in [-0.39, 0.29) is 17.7 Å². The molecule has 0 saturated heterocycles. The van der Waals surface area contributed by atoms with Gasteiger partial charge in [0.1, 0.15) is 11.8 Å². The molecule has 0 aliphatic heterocycles. The van der Waals surface area contributed by atoms with Gasteiger partial charge in [-0.3, -0.25) is 9.89 Å². The Morgan fingerprint density at radius 1 is 1.36 bits per heavy atom. The fourth-order valence-electron chi connectivity index (χ4n) is 4.00. The lowest BCUT2D eigenvalue weighted by molar-refractivity contribution is -0.144. The molecule has 2 amide bonds. The number of halogens is 3. The number of rotatable bonds is 7.